The largest absolute Gasteiger partial charge is 0.472 e. The number of aromatic nitrogens is 9. The Labute approximate surface area is 254 Å². The van der Waals surface area contributed by atoms with E-state index >= 15 is 0 Å². The number of aliphatic hydroxyl groups excluding tert-OH is 1. The van der Waals surface area contributed by atoms with Gasteiger partial charge in [-0.3, -0.25) is 18.8 Å². The van der Waals surface area contributed by atoms with Crippen molar-refractivity contribution in [2.45, 2.75) is 47.6 Å². The van der Waals surface area contributed by atoms with Gasteiger partial charge in [0.2, 0.25) is 11.9 Å². The number of nitrogens with one attached hydrogen (secondary N) is 1. The number of ether oxygens (including phenoxy) is 1. The predicted molar refractivity (Wildman–Crippen MR) is 152 cm³/mol. The van der Waals surface area contributed by atoms with E-state index in [4.69, 9.17) is 46.1 Å². The Balaban J connectivity index is 1.19. The third-order valence-electron chi connectivity index (χ3n) is 7.14. The molecule has 0 spiro atoms. The van der Waals surface area contributed by atoms with Crippen LogP contribution < -0.4 is 17.0 Å². The van der Waals surface area contributed by atoms with Crippen molar-refractivity contribution in [1.82, 2.24) is 44.5 Å². The van der Waals surface area contributed by atoms with Crippen LogP contribution >= 0.6 is 26.3 Å². The van der Waals surface area contributed by atoms with Gasteiger partial charge in [-0.05, 0) is 11.8 Å². The average Bonchev–Trinajstić information content (AvgIpc) is 3.72. The van der Waals surface area contributed by atoms with Crippen molar-refractivity contribution in [2.24, 2.45) is 0 Å². The summed E-state index contributed by atoms with van der Waals surface area (Å²) >= 11 is 6.26. The Morgan fingerprint density at radius 2 is 1.95 bits per heavy atom. The summed E-state index contributed by atoms with van der Waals surface area (Å²) in [5.41, 5.74) is 11.5. The number of aliphatic hydroxyl groups is 1. The van der Waals surface area contributed by atoms with Gasteiger partial charge in [0, 0.05) is 12.0 Å². The van der Waals surface area contributed by atoms with Gasteiger partial charge in [0.15, 0.2) is 16.8 Å². The van der Waals surface area contributed by atoms with E-state index in [-0.39, 0.29) is 36.1 Å². The zero-order valence-corrected chi connectivity index (χ0v) is 25.4. The minimum atomic E-state index is -4.92. The number of anilines is 2. The lowest BCUT2D eigenvalue weighted by atomic mass is 10.1. The van der Waals surface area contributed by atoms with Crippen molar-refractivity contribution in [1.29, 1.82) is 0 Å². The van der Waals surface area contributed by atoms with Crippen LogP contribution in [-0.2, 0) is 39.2 Å². The van der Waals surface area contributed by atoms with E-state index in [0.717, 1.165) is 16.4 Å². The number of nitrogens with zero attached hydrogens (tertiary/aromatic N) is 8. The summed E-state index contributed by atoms with van der Waals surface area (Å²) in [6, 6.07) is 0. The highest BCUT2D eigenvalue weighted by atomic mass is 32.5. The number of nitrogens with two attached hydrogens (primary N) is 2. The average molecular weight is 692 g/mol. The number of hydrogen-bond acceptors (Lipinski definition) is 18. The van der Waals surface area contributed by atoms with Gasteiger partial charge in [0.1, 0.15) is 23.9 Å². The molecule has 0 aliphatic carbocycles. The van der Waals surface area contributed by atoms with Crippen molar-refractivity contribution in [3.05, 3.63) is 28.4 Å². The van der Waals surface area contributed by atoms with E-state index in [2.05, 4.69) is 35.3 Å². The monoisotopic (exact) mass is 691 g/mol. The molecular formula is C19H23N11O10P2S2. The van der Waals surface area contributed by atoms with Crippen LogP contribution in [0.15, 0.2) is 17.3 Å². The molecule has 2 unspecified atom stereocenters. The van der Waals surface area contributed by atoms with E-state index in [1.807, 2.05) is 0 Å². The Kier molecular flexibility index (Phi) is 7.50. The standard InChI is InChI=1S/C19H23N11O10P2S2/c20-18-25-15-11(16(32)26-18)27-28-29(15)17-13-12(31)10(44-17)4-37-42(35,43)39-8-1-7(38-9(8)3-36-41(33,34)40-13)6-2-24-30-14(6)22-5-23-19(30)21/h2,5,7-10,12-13,17,31H,1,3-4H2,(H,33,34)(H,35,43)(H2,21,22,23)(H3,20,25,26,32)/t7-,8+,9-,10-,12-,13-,17-,42?/m1/s1. The van der Waals surface area contributed by atoms with Crippen molar-refractivity contribution < 1.29 is 42.3 Å². The summed E-state index contributed by atoms with van der Waals surface area (Å²) in [5, 5.41) is 21.1. The molecule has 2 bridgehead atoms. The van der Waals surface area contributed by atoms with Crippen molar-refractivity contribution >= 4 is 66.8 Å². The Hall–Kier alpha value is -2.66. The van der Waals surface area contributed by atoms with Crippen LogP contribution in [0, 0.1) is 0 Å². The summed E-state index contributed by atoms with van der Waals surface area (Å²) in [6.45, 7) is -4.89. The molecule has 3 saturated heterocycles. The van der Waals surface area contributed by atoms with Crippen LogP contribution in [0.4, 0.5) is 11.9 Å². The molecule has 3 aliphatic heterocycles. The van der Waals surface area contributed by atoms with Crippen molar-refractivity contribution in [2.75, 3.05) is 24.7 Å². The number of H-pyrrole nitrogens is 1. The number of nitrogen functional groups attached to an aromatic ring is 2. The van der Waals surface area contributed by atoms with E-state index in [1.54, 1.807) is 0 Å². The van der Waals surface area contributed by atoms with Gasteiger partial charge >= 0.3 is 14.5 Å². The van der Waals surface area contributed by atoms with Gasteiger partial charge in [-0.2, -0.15) is 14.6 Å². The molecule has 0 saturated carbocycles. The first-order valence-corrected chi connectivity index (χ1v) is 17.8. The second kappa shape index (κ2) is 11.0. The molecule has 236 valence electrons. The lowest BCUT2D eigenvalue weighted by molar-refractivity contribution is -0.0301. The highest BCUT2D eigenvalue weighted by Crippen LogP contribution is 2.56. The summed E-state index contributed by atoms with van der Waals surface area (Å²) < 4.78 is 44.0. The van der Waals surface area contributed by atoms with Gasteiger partial charge in [0.05, 0.1) is 43.0 Å². The molecule has 3 aliphatic rings. The first kappa shape index (κ1) is 30.0. The number of hydrogen-bond donors (Lipinski definition) is 6. The number of rotatable bonds is 2. The smallest absolute Gasteiger partial charge is 0.389 e. The van der Waals surface area contributed by atoms with Crippen LogP contribution in [0.1, 0.15) is 23.5 Å². The molecule has 44 heavy (non-hydrogen) atoms. The molecule has 4 aromatic heterocycles. The minimum Gasteiger partial charge on any atom is -0.389 e. The van der Waals surface area contributed by atoms with Crippen molar-refractivity contribution in [3.8, 4) is 0 Å². The minimum absolute atomic E-state index is 0.0653. The SMILES string of the molecule is Nc1nc2c(nnn2[C@@H]2S[C@@H]3COP(O)(=S)O[C@H]4C[C@H](c5cnn6c(N)ncnc56)O[C@@H]4COP(=O)(O)O[C@@H]2[C@@H]3O)c(=O)[nH]1. The van der Waals surface area contributed by atoms with Crippen LogP contribution in [0.2, 0.25) is 0 Å². The molecule has 21 nitrogen and oxygen atoms in total. The molecule has 0 aromatic carbocycles. The number of phosphoric acid groups is 1. The van der Waals surface area contributed by atoms with Gasteiger partial charge in [-0.25, -0.2) is 19.2 Å². The van der Waals surface area contributed by atoms with Crippen molar-refractivity contribution in [3.63, 3.8) is 0 Å². The molecule has 7 rings (SSSR count). The van der Waals surface area contributed by atoms with Gasteiger partial charge in [-0.15, -0.1) is 16.9 Å². The molecule has 25 heteroatoms. The second-order valence-corrected chi connectivity index (χ2v) is 15.5. The van der Waals surface area contributed by atoms with Crippen LogP contribution in [0.3, 0.4) is 0 Å². The van der Waals surface area contributed by atoms with E-state index in [0.29, 0.717) is 11.2 Å². The molecule has 8 N–H and O–H groups in total. The molecule has 3 fully saturated rings. The maximum atomic E-state index is 13.2. The maximum absolute atomic E-state index is 13.2. The lowest BCUT2D eigenvalue weighted by Crippen LogP contribution is -2.35. The predicted octanol–water partition coefficient (Wildman–Crippen LogP) is -1.24. The van der Waals surface area contributed by atoms with E-state index in [9.17, 15) is 24.3 Å². The van der Waals surface area contributed by atoms with Gasteiger partial charge in [-0.1, -0.05) is 5.21 Å². The molecule has 0 amide bonds. The topological polar surface area (TPSA) is 295 Å². The maximum Gasteiger partial charge on any atom is 0.472 e. The number of fused-ring (bicyclic) bond motifs is 5. The number of phosphoric ester groups is 1. The normalized spacial score (nSPS) is 36.6. The summed E-state index contributed by atoms with van der Waals surface area (Å²) in [7, 11) is -4.92. The first-order valence-electron chi connectivity index (χ1n) is 12.7. The lowest BCUT2D eigenvalue weighted by Gasteiger charge is -2.25. The summed E-state index contributed by atoms with van der Waals surface area (Å²) in [4.78, 5) is 48.5. The Morgan fingerprint density at radius 3 is 2.77 bits per heavy atom. The fourth-order valence-corrected chi connectivity index (χ4v) is 9.23. The second-order valence-electron chi connectivity index (χ2n) is 9.92. The Morgan fingerprint density at radius 1 is 1.14 bits per heavy atom. The molecular weight excluding hydrogens is 668 g/mol. The molecule has 0 radical (unpaired) electrons. The molecule has 9 atom stereocenters. The molecule has 7 heterocycles. The van der Waals surface area contributed by atoms with E-state index in [1.165, 1.54) is 17.0 Å². The third kappa shape index (κ3) is 5.42. The summed E-state index contributed by atoms with van der Waals surface area (Å²) in [6.07, 6.45) is -2.80. The summed E-state index contributed by atoms with van der Waals surface area (Å²) in [5.74, 6) is -0.134. The Bertz CT molecular complexity index is 1910. The fourth-order valence-electron chi connectivity index (χ4n) is 5.17. The van der Waals surface area contributed by atoms with Crippen LogP contribution in [0.5, 0.6) is 0 Å². The van der Waals surface area contributed by atoms with Crippen LogP contribution in [0.25, 0.3) is 16.8 Å². The quantitative estimate of drug-likeness (QED) is 0.134. The first-order chi connectivity index (χ1) is 20.9. The van der Waals surface area contributed by atoms with Gasteiger partial charge in [0.25, 0.3) is 5.56 Å². The highest BCUT2D eigenvalue weighted by molar-refractivity contribution is 8.07. The number of aromatic amines is 1. The highest BCUT2D eigenvalue weighted by Gasteiger charge is 2.51. The van der Waals surface area contributed by atoms with E-state index < -0.39 is 67.9 Å². The fraction of sp³-hybridized carbons (Fsp3) is 0.526. The van der Waals surface area contributed by atoms with Gasteiger partial charge < -0.3 is 40.1 Å². The molecule has 4 aromatic rings. The zero-order valence-electron chi connectivity index (χ0n) is 22.0. The number of thioether (sulfide) groups is 1. The van der Waals surface area contributed by atoms with Crippen LogP contribution in [-0.4, -0.2) is 102 Å². The zero-order chi connectivity index (χ0) is 31.0. The third-order valence-corrected chi connectivity index (χ3v) is 11.2.